The maximum absolute atomic E-state index is 12.5. The van der Waals surface area contributed by atoms with E-state index in [0.717, 1.165) is 42.8 Å². The molecule has 0 N–H and O–H groups in total. The minimum absolute atomic E-state index is 0.176. The van der Waals surface area contributed by atoms with E-state index in [1.807, 2.05) is 33.7 Å². The zero-order valence-corrected chi connectivity index (χ0v) is 12.4. The van der Waals surface area contributed by atoms with Gasteiger partial charge in [0.05, 0.1) is 11.0 Å². The van der Waals surface area contributed by atoms with E-state index < -0.39 is 0 Å². The van der Waals surface area contributed by atoms with Gasteiger partial charge in [-0.1, -0.05) is 12.1 Å². The molecule has 0 atom stereocenters. The summed E-state index contributed by atoms with van der Waals surface area (Å²) < 4.78 is 7.20. The Balaban J connectivity index is 1.87. The summed E-state index contributed by atoms with van der Waals surface area (Å²) in [5, 5.41) is 0. The molecule has 1 aromatic carbocycles. The molecule has 1 aliphatic heterocycles. The first-order chi connectivity index (χ1) is 10.3. The van der Waals surface area contributed by atoms with Crippen molar-refractivity contribution in [2.45, 2.75) is 32.4 Å². The minimum Gasteiger partial charge on any atom is -0.377 e. The Labute approximate surface area is 124 Å². The van der Waals surface area contributed by atoms with Gasteiger partial charge in [-0.15, -0.1) is 0 Å². The van der Waals surface area contributed by atoms with Gasteiger partial charge in [0, 0.05) is 20.2 Å². The van der Waals surface area contributed by atoms with Crippen LogP contribution in [0.2, 0.25) is 0 Å². The molecule has 21 heavy (non-hydrogen) atoms. The standard InChI is InChI=1S/C16H21N3O2/c1-21-12-15-17-13-7-3-4-8-14(13)19(15)11-16(20)18-9-5-2-6-10-18/h3-4,7-8H,2,5-6,9-12H2,1H3. The van der Waals surface area contributed by atoms with E-state index in [1.54, 1.807) is 7.11 Å². The van der Waals surface area contributed by atoms with E-state index in [1.165, 1.54) is 6.42 Å². The summed E-state index contributed by atoms with van der Waals surface area (Å²) >= 11 is 0. The lowest BCUT2D eigenvalue weighted by molar-refractivity contribution is -0.132. The van der Waals surface area contributed by atoms with Gasteiger partial charge in [0.1, 0.15) is 19.0 Å². The Hall–Kier alpha value is -1.88. The number of ether oxygens (including phenoxy) is 1. The van der Waals surface area contributed by atoms with Crippen LogP contribution in [0.5, 0.6) is 0 Å². The number of rotatable bonds is 4. The monoisotopic (exact) mass is 287 g/mol. The minimum atomic E-state index is 0.176. The number of fused-ring (bicyclic) bond motifs is 1. The molecule has 1 amide bonds. The summed E-state index contributed by atoms with van der Waals surface area (Å²) in [6, 6.07) is 7.91. The number of hydrogen-bond acceptors (Lipinski definition) is 3. The maximum atomic E-state index is 12.5. The predicted molar refractivity (Wildman–Crippen MR) is 80.9 cm³/mol. The Morgan fingerprint density at radius 2 is 2.00 bits per heavy atom. The van der Waals surface area contributed by atoms with Gasteiger partial charge in [-0.05, 0) is 31.4 Å². The fraction of sp³-hybridized carbons (Fsp3) is 0.500. The van der Waals surface area contributed by atoms with Gasteiger partial charge >= 0.3 is 0 Å². The van der Waals surface area contributed by atoms with E-state index in [-0.39, 0.29) is 5.91 Å². The SMILES string of the molecule is COCc1nc2ccccc2n1CC(=O)N1CCCCC1. The third kappa shape index (κ3) is 2.93. The number of methoxy groups -OCH3 is 1. The van der Waals surface area contributed by atoms with Crippen LogP contribution in [0.15, 0.2) is 24.3 Å². The zero-order valence-electron chi connectivity index (χ0n) is 12.4. The lowest BCUT2D eigenvalue weighted by Crippen LogP contribution is -2.38. The van der Waals surface area contributed by atoms with Crippen LogP contribution in [0.25, 0.3) is 11.0 Å². The fourth-order valence-corrected chi connectivity index (χ4v) is 2.92. The van der Waals surface area contributed by atoms with Crippen LogP contribution in [0, 0.1) is 0 Å². The zero-order chi connectivity index (χ0) is 14.7. The summed E-state index contributed by atoms with van der Waals surface area (Å²) in [5.41, 5.74) is 1.91. The highest BCUT2D eigenvalue weighted by molar-refractivity contribution is 5.81. The molecule has 2 aromatic rings. The van der Waals surface area contributed by atoms with Crippen molar-refractivity contribution in [3.05, 3.63) is 30.1 Å². The molecular formula is C16H21N3O2. The Bertz CT molecular complexity index is 629. The summed E-state index contributed by atoms with van der Waals surface area (Å²) in [6.07, 6.45) is 3.45. The number of likely N-dealkylation sites (tertiary alicyclic amines) is 1. The predicted octanol–water partition coefficient (Wildman–Crippen LogP) is 2.20. The van der Waals surface area contributed by atoms with Crippen molar-refractivity contribution in [1.82, 2.24) is 14.5 Å². The first kappa shape index (κ1) is 14.1. The highest BCUT2D eigenvalue weighted by atomic mass is 16.5. The van der Waals surface area contributed by atoms with Crippen molar-refractivity contribution < 1.29 is 9.53 Å². The van der Waals surface area contributed by atoms with Gasteiger partial charge < -0.3 is 14.2 Å². The molecule has 1 aromatic heterocycles. The van der Waals surface area contributed by atoms with Crippen LogP contribution in [0.1, 0.15) is 25.1 Å². The van der Waals surface area contributed by atoms with Gasteiger partial charge in [0.25, 0.3) is 0 Å². The Morgan fingerprint density at radius 1 is 1.24 bits per heavy atom. The number of carbonyl (C=O) groups excluding carboxylic acids is 1. The van der Waals surface area contributed by atoms with Crippen molar-refractivity contribution in [2.75, 3.05) is 20.2 Å². The van der Waals surface area contributed by atoms with Gasteiger partial charge in [-0.2, -0.15) is 0 Å². The van der Waals surface area contributed by atoms with Crippen LogP contribution in [-0.2, 0) is 22.7 Å². The molecule has 3 rings (SSSR count). The number of nitrogens with zero attached hydrogens (tertiary/aromatic N) is 3. The molecule has 5 nitrogen and oxygen atoms in total. The molecule has 1 fully saturated rings. The summed E-state index contributed by atoms with van der Waals surface area (Å²) in [7, 11) is 1.65. The van der Waals surface area contributed by atoms with Gasteiger partial charge in [-0.3, -0.25) is 4.79 Å². The van der Waals surface area contributed by atoms with E-state index >= 15 is 0 Å². The summed E-state index contributed by atoms with van der Waals surface area (Å²) in [5.74, 6) is 0.985. The van der Waals surface area contributed by atoms with Crippen molar-refractivity contribution in [3.63, 3.8) is 0 Å². The van der Waals surface area contributed by atoms with Gasteiger partial charge in [0.2, 0.25) is 5.91 Å². The number of imidazole rings is 1. The summed E-state index contributed by atoms with van der Waals surface area (Å²) in [6.45, 7) is 2.53. The molecule has 2 heterocycles. The highest BCUT2D eigenvalue weighted by Crippen LogP contribution is 2.18. The third-order valence-electron chi connectivity index (χ3n) is 4.01. The molecule has 5 heteroatoms. The number of carbonyl (C=O) groups is 1. The van der Waals surface area contributed by atoms with E-state index in [9.17, 15) is 4.79 Å². The molecule has 0 bridgehead atoms. The van der Waals surface area contributed by atoms with Crippen molar-refractivity contribution in [2.24, 2.45) is 0 Å². The molecule has 0 aliphatic carbocycles. The van der Waals surface area contributed by atoms with Crippen LogP contribution in [-0.4, -0.2) is 40.6 Å². The Kier molecular flexibility index (Phi) is 4.20. The maximum Gasteiger partial charge on any atom is 0.242 e. The lowest BCUT2D eigenvalue weighted by atomic mass is 10.1. The smallest absolute Gasteiger partial charge is 0.242 e. The fourth-order valence-electron chi connectivity index (χ4n) is 2.92. The molecule has 0 saturated carbocycles. The van der Waals surface area contributed by atoms with Crippen molar-refractivity contribution in [1.29, 1.82) is 0 Å². The molecule has 1 saturated heterocycles. The van der Waals surface area contributed by atoms with Crippen LogP contribution >= 0.6 is 0 Å². The van der Waals surface area contributed by atoms with Crippen LogP contribution < -0.4 is 0 Å². The first-order valence-electron chi connectivity index (χ1n) is 7.50. The Morgan fingerprint density at radius 3 is 2.76 bits per heavy atom. The number of amides is 1. The molecule has 0 spiro atoms. The first-order valence-corrected chi connectivity index (χ1v) is 7.50. The van der Waals surface area contributed by atoms with Crippen molar-refractivity contribution >= 4 is 16.9 Å². The third-order valence-corrected chi connectivity index (χ3v) is 4.01. The van der Waals surface area contributed by atoms with Gasteiger partial charge in [0.15, 0.2) is 0 Å². The second kappa shape index (κ2) is 6.26. The molecule has 0 unspecified atom stereocenters. The van der Waals surface area contributed by atoms with Crippen LogP contribution in [0.4, 0.5) is 0 Å². The largest absolute Gasteiger partial charge is 0.377 e. The van der Waals surface area contributed by atoms with E-state index in [0.29, 0.717) is 13.2 Å². The topological polar surface area (TPSA) is 47.4 Å². The molecular weight excluding hydrogens is 266 g/mol. The van der Waals surface area contributed by atoms with Gasteiger partial charge in [-0.25, -0.2) is 4.98 Å². The van der Waals surface area contributed by atoms with Crippen molar-refractivity contribution in [3.8, 4) is 0 Å². The average Bonchev–Trinajstić information content (AvgIpc) is 2.86. The second-order valence-corrected chi connectivity index (χ2v) is 5.48. The normalized spacial score (nSPS) is 15.6. The number of benzene rings is 1. The summed E-state index contributed by atoms with van der Waals surface area (Å²) in [4.78, 5) is 19.0. The highest BCUT2D eigenvalue weighted by Gasteiger charge is 2.19. The molecule has 0 radical (unpaired) electrons. The average molecular weight is 287 g/mol. The second-order valence-electron chi connectivity index (χ2n) is 5.48. The number of para-hydroxylation sites is 2. The number of hydrogen-bond donors (Lipinski definition) is 0. The number of piperidine rings is 1. The van der Waals surface area contributed by atoms with E-state index in [4.69, 9.17) is 4.74 Å². The molecule has 1 aliphatic rings. The number of aromatic nitrogens is 2. The van der Waals surface area contributed by atoms with E-state index in [2.05, 4.69) is 4.98 Å². The quantitative estimate of drug-likeness (QED) is 0.866. The lowest BCUT2D eigenvalue weighted by Gasteiger charge is -2.27. The molecule has 112 valence electrons. The van der Waals surface area contributed by atoms with Crippen LogP contribution in [0.3, 0.4) is 0 Å².